The van der Waals surface area contributed by atoms with E-state index in [9.17, 15) is 9.90 Å². The third kappa shape index (κ3) is 5.39. The summed E-state index contributed by atoms with van der Waals surface area (Å²) in [6, 6.07) is 0. The Labute approximate surface area is 231 Å². The number of ether oxygens (including phenoxy) is 7. The number of methoxy groups -OCH3 is 1. The average molecular weight is 551 g/mol. The lowest BCUT2D eigenvalue weighted by molar-refractivity contribution is -0.290. The zero-order valence-corrected chi connectivity index (χ0v) is 23.8. The normalized spacial score (nSPS) is 51.1. The molecule has 0 amide bonds. The summed E-state index contributed by atoms with van der Waals surface area (Å²) in [5.74, 6) is -0.650. The highest BCUT2D eigenvalue weighted by Gasteiger charge is 2.62. The number of hydrogen-bond donors (Lipinski definition) is 1. The maximum atomic E-state index is 13.1. The van der Waals surface area contributed by atoms with Gasteiger partial charge in [0.1, 0.15) is 18.0 Å². The summed E-state index contributed by atoms with van der Waals surface area (Å²) in [5.41, 5.74) is 1.12. The van der Waals surface area contributed by atoms with Crippen LogP contribution in [0.5, 0.6) is 0 Å². The lowest BCUT2D eigenvalue weighted by atomic mass is 9.80. The maximum absolute atomic E-state index is 13.1. The fraction of sp³-hybridized carbons (Fsp3) is 0.900. The molecule has 220 valence electrons. The van der Waals surface area contributed by atoms with E-state index in [0.29, 0.717) is 32.3 Å². The number of carbonyl (C=O) groups excluding carboxylic acids is 1. The van der Waals surface area contributed by atoms with Crippen LogP contribution in [0.4, 0.5) is 0 Å². The molecule has 0 radical (unpaired) electrons. The first kappa shape index (κ1) is 28.2. The first-order chi connectivity index (χ1) is 18.7. The average Bonchev–Trinajstić information content (AvgIpc) is 3.52. The predicted molar refractivity (Wildman–Crippen MR) is 140 cm³/mol. The molecule has 6 fully saturated rings. The smallest absolute Gasteiger partial charge is 0.172 e. The zero-order valence-electron chi connectivity index (χ0n) is 23.8. The summed E-state index contributed by atoms with van der Waals surface area (Å²) in [6.45, 7) is 10.8. The predicted octanol–water partition coefficient (Wildman–Crippen LogP) is 3.10. The van der Waals surface area contributed by atoms with Crippen molar-refractivity contribution < 1.29 is 43.1 Å². The van der Waals surface area contributed by atoms with Gasteiger partial charge in [-0.2, -0.15) is 0 Å². The van der Waals surface area contributed by atoms with E-state index in [4.69, 9.17) is 33.2 Å². The van der Waals surface area contributed by atoms with E-state index < -0.39 is 18.0 Å². The van der Waals surface area contributed by atoms with Gasteiger partial charge in [-0.3, -0.25) is 4.79 Å². The molecular weight excluding hydrogens is 504 g/mol. The molecule has 6 saturated heterocycles. The van der Waals surface area contributed by atoms with Gasteiger partial charge in [-0.15, -0.1) is 0 Å². The molecule has 4 bridgehead atoms. The monoisotopic (exact) mass is 550 g/mol. The molecule has 6 aliphatic rings. The molecule has 39 heavy (non-hydrogen) atoms. The lowest BCUT2D eigenvalue weighted by Crippen LogP contribution is -2.62. The third-order valence-electron chi connectivity index (χ3n) is 10.2. The van der Waals surface area contributed by atoms with Crippen LogP contribution >= 0.6 is 0 Å². The minimum Gasteiger partial charge on any atom is -0.390 e. The third-order valence-corrected chi connectivity index (χ3v) is 10.2. The van der Waals surface area contributed by atoms with Crippen molar-refractivity contribution in [3.63, 3.8) is 0 Å². The van der Waals surface area contributed by atoms with Crippen LogP contribution in [0.1, 0.15) is 72.1 Å². The number of fused-ring (bicyclic) bond motifs is 7. The Kier molecular flexibility index (Phi) is 8.00. The number of aliphatic hydroxyl groups excluding tert-OH is 1. The van der Waals surface area contributed by atoms with Crippen molar-refractivity contribution in [2.45, 2.75) is 145 Å². The van der Waals surface area contributed by atoms with Crippen LogP contribution in [0.25, 0.3) is 0 Å². The molecule has 14 atom stereocenters. The fourth-order valence-electron chi connectivity index (χ4n) is 7.86. The fourth-order valence-corrected chi connectivity index (χ4v) is 7.86. The zero-order chi connectivity index (χ0) is 27.5. The summed E-state index contributed by atoms with van der Waals surface area (Å²) in [5, 5.41) is 11.0. The highest BCUT2D eigenvalue weighted by atomic mass is 16.7. The molecule has 0 aliphatic carbocycles. The minimum absolute atomic E-state index is 0.0102. The van der Waals surface area contributed by atoms with Gasteiger partial charge in [0.25, 0.3) is 0 Å². The van der Waals surface area contributed by atoms with Gasteiger partial charge in [0, 0.05) is 44.6 Å². The number of carbonyl (C=O) groups is 1. The van der Waals surface area contributed by atoms with Gasteiger partial charge in [0.15, 0.2) is 5.79 Å². The molecule has 0 aromatic heterocycles. The van der Waals surface area contributed by atoms with Gasteiger partial charge < -0.3 is 38.3 Å². The highest BCUT2D eigenvalue weighted by Crippen LogP contribution is 2.50. The molecule has 0 unspecified atom stereocenters. The van der Waals surface area contributed by atoms with Gasteiger partial charge in [-0.1, -0.05) is 13.5 Å². The molecular formula is C30H46O9. The Morgan fingerprint density at radius 1 is 1.03 bits per heavy atom. The van der Waals surface area contributed by atoms with E-state index in [1.165, 1.54) is 0 Å². The van der Waals surface area contributed by atoms with E-state index in [1.807, 2.05) is 13.8 Å². The van der Waals surface area contributed by atoms with E-state index in [0.717, 1.165) is 31.3 Å². The first-order valence-electron chi connectivity index (χ1n) is 15.0. The van der Waals surface area contributed by atoms with Gasteiger partial charge in [-0.05, 0) is 45.1 Å². The quantitative estimate of drug-likeness (QED) is 0.457. The SMILES string of the molecule is C=C1C[C@H](CC[C@]23C[C@@H](O)[C@H](O2)[C@@H]2O[C@H]4CC[C@H](CC(=O)C[C@H]5[C@H](C)OC[C@@H]5OC)O[C@@H]4[C@H](O3)[C@@H]2C)O[C@H]1C. The number of rotatable bonds is 8. The number of ketones is 1. The molecule has 9 nitrogen and oxygen atoms in total. The molecule has 0 aromatic rings. The van der Waals surface area contributed by atoms with E-state index >= 15 is 0 Å². The molecule has 1 N–H and O–H groups in total. The van der Waals surface area contributed by atoms with Crippen molar-refractivity contribution in [3.05, 3.63) is 12.2 Å². The Morgan fingerprint density at radius 3 is 2.56 bits per heavy atom. The maximum Gasteiger partial charge on any atom is 0.172 e. The topological polar surface area (TPSA) is 102 Å². The van der Waals surface area contributed by atoms with Crippen LogP contribution in [-0.2, 0) is 38.0 Å². The Balaban J connectivity index is 1.12. The summed E-state index contributed by atoms with van der Waals surface area (Å²) in [6.07, 6.45) is 3.00. The summed E-state index contributed by atoms with van der Waals surface area (Å²) in [7, 11) is 1.68. The Morgan fingerprint density at radius 2 is 1.82 bits per heavy atom. The van der Waals surface area contributed by atoms with Crippen LogP contribution in [0.15, 0.2) is 12.2 Å². The second kappa shape index (κ2) is 11.1. The van der Waals surface area contributed by atoms with Crippen LogP contribution in [-0.4, -0.2) is 97.5 Å². The first-order valence-corrected chi connectivity index (χ1v) is 15.0. The van der Waals surface area contributed by atoms with Gasteiger partial charge in [-0.25, -0.2) is 0 Å². The molecule has 9 heteroatoms. The lowest BCUT2D eigenvalue weighted by Gasteiger charge is -2.50. The highest BCUT2D eigenvalue weighted by molar-refractivity contribution is 5.79. The van der Waals surface area contributed by atoms with Crippen molar-refractivity contribution >= 4 is 5.78 Å². The molecule has 0 saturated carbocycles. The second-order valence-electron chi connectivity index (χ2n) is 12.9. The molecule has 6 heterocycles. The molecule has 6 rings (SSSR count). The molecule has 6 aliphatic heterocycles. The Bertz CT molecular complexity index is 926. The van der Waals surface area contributed by atoms with Crippen molar-refractivity contribution in [2.75, 3.05) is 13.7 Å². The minimum atomic E-state index is -0.896. The van der Waals surface area contributed by atoms with E-state index in [2.05, 4.69) is 13.5 Å². The Hall–Kier alpha value is -0.910. The standard InChI is InChI=1S/C30H46O9/c1-15-10-21(35-17(15)3)8-9-30-13-23(32)28(39-30)26-16(2)27(38-30)29-24(37-26)7-6-20(36-29)11-19(31)12-22-18(4)34-14-25(22)33-5/h16-18,20-29,32H,1,6-14H2,2-5H3/t16-,17+,18+,20-,21+,22+,23-,24+,25+,26-,27-,28+,29+,30-/m1/s1. The van der Waals surface area contributed by atoms with Gasteiger partial charge in [0.2, 0.25) is 0 Å². The van der Waals surface area contributed by atoms with E-state index in [1.54, 1.807) is 7.11 Å². The summed E-state index contributed by atoms with van der Waals surface area (Å²) in [4.78, 5) is 13.1. The number of aliphatic hydroxyl groups is 1. The van der Waals surface area contributed by atoms with Crippen molar-refractivity contribution in [1.29, 1.82) is 0 Å². The molecule has 0 spiro atoms. The van der Waals surface area contributed by atoms with Gasteiger partial charge in [0.05, 0.1) is 61.5 Å². The van der Waals surface area contributed by atoms with Crippen molar-refractivity contribution in [1.82, 2.24) is 0 Å². The van der Waals surface area contributed by atoms with E-state index in [-0.39, 0.29) is 72.6 Å². The number of hydrogen-bond acceptors (Lipinski definition) is 9. The van der Waals surface area contributed by atoms with Crippen LogP contribution in [0, 0.1) is 11.8 Å². The van der Waals surface area contributed by atoms with Crippen LogP contribution < -0.4 is 0 Å². The van der Waals surface area contributed by atoms with Crippen LogP contribution in [0.2, 0.25) is 0 Å². The van der Waals surface area contributed by atoms with Crippen molar-refractivity contribution in [2.24, 2.45) is 11.8 Å². The summed E-state index contributed by atoms with van der Waals surface area (Å²) >= 11 is 0. The number of Topliss-reactive ketones (excluding diaryl/α,β-unsaturated/α-hetero) is 1. The van der Waals surface area contributed by atoms with Crippen LogP contribution in [0.3, 0.4) is 0 Å². The summed E-state index contributed by atoms with van der Waals surface area (Å²) < 4.78 is 43.9. The molecule has 0 aromatic carbocycles. The largest absolute Gasteiger partial charge is 0.390 e. The van der Waals surface area contributed by atoms with Gasteiger partial charge >= 0.3 is 0 Å². The second-order valence-corrected chi connectivity index (χ2v) is 12.9. The van der Waals surface area contributed by atoms with Crippen molar-refractivity contribution in [3.8, 4) is 0 Å².